The maximum absolute atomic E-state index is 12.3. The van der Waals surface area contributed by atoms with Gasteiger partial charge in [-0.15, -0.1) is 11.3 Å². The molecule has 28 heavy (non-hydrogen) atoms. The Balaban J connectivity index is 1.68. The monoisotopic (exact) mass is 412 g/mol. The van der Waals surface area contributed by atoms with Gasteiger partial charge in [-0.25, -0.2) is 9.97 Å². The Bertz CT molecular complexity index is 1030. The minimum absolute atomic E-state index is 0.260. The number of anilines is 1. The van der Waals surface area contributed by atoms with Gasteiger partial charge in [0.1, 0.15) is 23.0 Å². The number of fused-ring (bicyclic) bond motifs is 2. The van der Waals surface area contributed by atoms with E-state index in [2.05, 4.69) is 20.2 Å². The summed E-state index contributed by atoms with van der Waals surface area (Å²) in [6.45, 7) is 0. The normalized spacial score (nSPS) is 24.5. The molecule has 3 heterocycles. The molecule has 1 aliphatic heterocycles. The molecular formula is C21H21ClN4OS. The Hall–Kier alpha value is -2.18. The molecule has 3 atom stereocenters. The van der Waals surface area contributed by atoms with E-state index in [1.165, 1.54) is 12.8 Å². The number of hydrogen-bond acceptors (Lipinski definition) is 5. The predicted octanol–water partition coefficient (Wildman–Crippen LogP) is 4.63. The van der Waals surface area contributed by atoms with E-state index in [-0.39, 0.29) is 11.9 Å². The number of nitrogens with zero attached hydrogens (tertiary/aromatic N) is 3. The summed E-state index contributed by atoms with van der Waals surface area (Å²) in [5.41, 5.74) is 7.98. The number of nitrogens with two attached hydrogens (primary N) is 1. The second kappa shape index (κ2) is 7.01. The molecule has 5 rings (SSSR count). The number of halogens is 1. The van der Waals surface area contributed by atoms with Crippen LogP contribution in [0.1, 0.15) is 32.1 Å². The predicted molar refractivity (Wildman–Crippen MR) is 114 cm³/mol. The average Bonchev–Trinajstić information content (AvgIpc) is 3.30. The van der Waals surface area contributed by atoms with Gasteiger partial charge in [-0.2, -0.15) is 0 Å². The van der Waals surface area contributed by atoms with Crippen LogP contribution in [0.25, 0.3) is 21.3 Å². The molecule has 2 N–H and O–H groups in total. The minimum Gasteiger partial charge on any atom is -0.368 e. The Kier molecular flexibility index (Phi) is 4.48. The van der Waals surface area contributed by atoms with Gasteiger partial charge in [-0.3, -0.25) is 4.79 Å². The summed E-state index contributed by atoms with van der Waals surface area (Å²) >= 11 is 7.67. The van der Waals surface area contributed by atoms with Crippen LogP contribution in [0.5, 0.6) is 0 Å². The second-order valence-electron chi connectivity index (χ2n) is 7.71. The standard InChI is InChI=1S/C21H21ClN4OS/c22-14-7-5-12(6-8-14)15-10-28-21-18(15)20(24-11-25-21)26-16-4-2-1-3-13(16)9-17(26)19(23)27/h5-8,10-11,13,16-17H,1-4,9H2,(H2,23,27)/t13-,16-,17+/m1/s1. The zero-order valence-electron chi connectivity index (χ0n) is 15.3. The van der Waals surface area contributed by atoms with E-state index in [0.29, 0.717) is 17.0 Å². The van der Waals surface area contributed by atoms with Gasteiger partial charge in [-0.1, -0.05) is 36.6 Å². The lowest BCUT2D eigenvalue weighted by atomic mass is 9.84. The van der Waals surface area contributed by atoms with Crippen LogP contribution in [0.2, 0.25) is 5.02 Å². The third-order valence-corrected chi connectivity index (χ3v) is 7.30. The molecule has 5 nitrogen and oxygen atoms in total. The Labute approximate surface area is 172 Å². The zero-order chi connectivity index (χ0) is 19.3. The number of hydrogen-bond donors (Lipinski definition) is 1. The Morgan fingerprint density at radius 1 is 1.18 bits per heavy atom. The Morgan fingerprint density at radius 3 is 2.75 bits per heavy atom. The summed E-state index contributed by atoms with van der Waals surface area (Å²) in [5.74, 6) is 1.09. The topological polar surface area (TPSA) is 72.1 Å². The molecule has 0 bridgehead atoms. The van der Waals surface area contributed by atoms with Crippen molar-refractivity contribution in [2.24, 2.45) is 11.7 Å². The highest BCUT2D eigenvalue weighted by Gasteiger charge is 2.45. The van der Waals surface area contributed by atoms with E-state index in [1.807, 2.05) is 24.3 Å². The summed E-state index contributed by atoms with van der Waals surface area (Å²) in [5, 5.41) is 3.82. The number of primary amides is 1. The van der Waals surface area contributed by atoms with Crippen LogP contribution in [-0.2, 0) is 4.79 Å². The molecule has 0 unspecified atom stereocenters. The summed E-state index contributed by atoms with van der Waals surface area (Å²) < 4.78 is 0. The highest BCUT2D eigenvalue weighted by atomic mass is 35.5. The van der Waals surface area contributed by atoms with Gasteiger partial charge in [0, 0.05) is 22.0 Å². The Morgan fingerprint density at radius 2 is 1.96 bits per heavy atom. The van der Waals surface area contributed by atoms with E-state index >= 15 is 0 Å². The van der Waals surface area contributed by atoms with E-state index in [9.17, 15) is 4.79 Å². The number of aromatic nitrogens is 2. The molecule has 1 aromatic carbocycles. The fraction of sp³-hybridized carbons (Fsp3) is 0.381. The van der Waals surface area contributed by atoms with Gasteiger partial charge in [0.2, 0.25) is 5.91 Å². The molecule has 1 saturated carbocycles. The lowest BCUT2D eigenvalue weighted by Gasteiger charge is -2.34. The van der Waals surface area contributed by atoms with Crippen LogP contribution in [0.15, 0.2) is 36.0 Å². The van der Waals surface area contributed by atoms with Crippen LogP contribution >= 0.6 is 22.9 Å². The van der Waals surface area contributed by atoms with Crippen molar-refractivity contribution in [1.82, 2.24) is 9.97 Å². The number of amides is 1. The fourth-order valence-corrected chi connectivity index (χ4v) is 5.95. The molecular weight excluding hydrogens is 392 g/mol. The molecule has 1 amide bonds. The number of thiophene rings is 1. The molecule has 0 spiro atoms. The molecule has 7 heteroatoms. The molecule has 1 saturated heterocycles. The maximum atomic E-state index is 12.3. The largest absolute Gasteiger partial charge is 0.368 e. The molecule has 3 aromatic rings. The van der Waals surface area contributed by atoms with Crippen molar-refractivity contribution in [3.63, 3.8) is 0 Å². The lowest BCUT2D eigenvalue weighted by molar-refractivity contribution is -0.119. The van der Waals surface area contributed by atoms with Gasteiger partial charge in [0.05, 0.1) is 5.39 Å². The van der Waals surface area contributed by atoms with Gasteiger partial charge in [0.25, 0.3) is 0 Å². The van der Waals surface area contributed by atoms with E-state index < -0.39 is 0 Å². The molecule has 2 aliphatic rings. The van der Waals surface area contributed by atoms with Gasteiger partial charge in [0.15, 0.2) is 0 Å². The minimum atomic E-state index is -0.302. The van der Waals surface area contributed by atoms with Gasteiger partial charge < -0.3 is 10.6 Å². The first-order valence-electron chi connectivity index (χ1n) is 9.69. The first-order chi connectivity index (χ1) is 13.6. The van der Waals surface area contributed by atoms with E-state index in [4.69, 9.17) is 17.3 Å². The highest BCUT2D eigenvalue weighted by Crippen LogP contribution is 2.46. The molecule has 2 fully saturated rings. The smallest absolute Gasteiger partial charge is 0.240 e. The highest BCUT2D eigenvalue weighted by molar-refractivity contribution is 7.17. The van der Waals surface area contributed by atoms with Crippen molar-refractivity contribution >= 4 is 44.9 Å². The van der Waals surface area contributed by atoms with Crippen LogP contribution < -0.4 is 10.6 Å². The third-order valence-electron chi connectivity index (χ3n) is 6.17. The molecule has 2 aromatic heterocycles. The molecule has 0 radical (unpaired) electrons. The average molecular weight is 413 g/mol. The fourth-order valence-electron chi connectivity index (χ4n) is 4.92. The number of carbonyl (C=O) groups excluding carboxylic acids is 1. The number of benzene rings is 1. The first kappa shape index (κ1) is 17.9. The van der Waals surface area contributed by atoms with Crippen molar-refractivity contribution < 1.29 is 4.79 Å². The first-order valence-corrected chi connectivity index (χ1v) is 10.9. The summed E-state index contributed by atoms with van der Waals surface area (Å²) in [4.78, 5) is 24.6. The van der Waals surface area contributed by atoms with Crippen molar-refractivity contribution in [3.8, 4) is 11.1 Å². The second-order valence-corrected chi connectivity index (χ2v) is 9.00. The zero-order valence-corrected chi connectivity index (χ0v) is 16.9. The summed E-state index contributed by atoms with van der Waals surface area (Å²) in [6, 6.07) is 7.83. The number of rotatable bonds is 3. The summed E-state index contributed by atoms with van der Waals surface area (Å²) in [6.07, 6.45) is 7.09. The third kappa shape index (κ3) is 2.86. The van der Waals surface area contributed by atoms with Crippen molar-refractivity contribution in [1.29, 1.82) is 0 Å². The molecule has 144 valence electrons. The lowest BCUT2D eigenvalue weighted by Crippen LogP contribution is -2.45. The van der Waals surface area contributed by atoms with Crippen molar-refractivity contribution in [2.45, 2.75) is 44.2 Å². The molecule has 1 aliphatic carbocycles. The van der Waals surface area contributed by atoms with Crippen molar-refractivity contribution in [2.75, 3.05) is 4.90 Å². The van der Waals surface area contributed by atoms with Crippen LogP contribution in [0, 0.1) is 5.92 Å². The maximum Gasteiger partial charge on any atom is 0.240 e. The van der Waals surface area contributed by atoms with E-state index in [1.54, 1.807) is 17.7 Å². The number of carbonyl (C=O) groups is 1. The van der Waals surface area contributed by atoms with Crippen LogP contribution in [0.3, 0.4) is 0 Å². The van der Waals surface area contributed by atoms with Gasteiger partial charge in [-0.05, 0) is 42.9 Å². The summed E-state index contributed by atoms with van der Waals surface area (Å²) in [7, 11) is 0. The quantitative estimate of drug-likeness (QED) is 0.680. The van der Waals surface area contributed by atoms with E-state index in [0.717, 1.165) is 46.4 Å². The van der Waals surface area contributed by atoms with Crippen LogP contribution in [0.4, 0.5) is 5.82 Å². The van der Waals surface area contributed by atoms with Crippen LogP contribution in [-0.4, -0.2) is 28.0 Å². The SMILES string of the molecule is NC(=O)[C@@H]1C[C@H]2CCCC[C@H]2N1c1ncnc2scc(-c3ccc(Cl)cc3)c12. The van der Waals surface area contributed by atoms with Crippen molar-refractivity contribution in [3.05, 3.63) is 41.0 Å². The van der Waals surface area contributed by atoms with Gasteiger partial charge >= 0.3 is 0 Å².